The van der Waals surface area contributed by atoms with E-state index in [9.17, 15) is 4.39 Å². The predicted molar refractivity (Wildman–Crippen MR) is 60.4 cm³/mol. The van der Waals surface area contributed by atoms with Crippen LogP contribution in [0.1, 0.15) is 12.5 Å². The van der Waals surface area contributed by atoms with E-state index in [2.05, 4.69) is 15.9 Å². The summed E-state index contributed by atoms with van der Waals surface area (Å²) in [6, 6.07) is 4.87. The second-order valence-corrected chi connectivity index (χ2v) is 3.32. The molecule has 1 aromatic carbocycles. The fourth-order valence-corrected chi connectivity index (χ4v) is 1.26. The minimum absolute atomic E-state index is 0.256. The predicted octanol–water partition coefficient (Wildman–Crippen LogP) is 3.63. The third-order valence-electron chi connectivity index (χ3n) is 1.67. The summed E-state index contributed by atoms with van der Waals surface area (Å²) in [5.74, 6) is 0.314. The maximum absolute atomic E-state index is 13.4. The zero-order valence-corrected chi connectivity index (χ0v) is 9.55. The first kappa shape index (κ1) is 11.2. The van der Waals surface area contributed by atoms with Crippen molar-refractivity contribution in [1.82, 2.24) is 0 Å². The average molecular weight is 259 g/mol. The zero-order chi connectivity index (χ0) is 10.4. The van der Waals surface area contributed by atoms with Gasteiger partial charge in [0.15, 0.2) is 0 Å². The van der Waals surface area contributed by atoms with Crippen molar-refractivity contribution in [2.45, 2.75) is 6.92 Å². The molecule has 3 heteroatoms. The van der Waals surface area contributed by atoms with Crippen LogP contribution in [0.3, 0.4) is 0 Å². The molecular weight excluding hydrogens is 247 g/mol. The van der Waals surface area contributed by atoms with Crippen molar-refractivity contribution in [3.63, 3.8) is 0 Å². The van der Waals surface area contributed by atoms with Gasteiger partial charge in [-0.1, -0.05) is 28.1 Å². The summed E-state index contributed by atoms with van der Waals surface area (Å²) >= 11 is 3.24. The van der Waals surface area contributed by atoms with Crippen molar-refractivity contribution in [3.8, 4) is 5.75 Å². The topological polar surface area (TPSA) is 9.23 Å². The lowest BCUT2D eigenvalue weighted by atomic mass is 10.2. The Hall–Kier alpha value is -0.830. The van der Waals surface area contributed by atoms with Gasteiger partial charge in [-0.15, -0.1) is 0 Å². The van der Waals surface area contributed by atoms with Crippen molar-refractivity contribution in [2.75, 3.05) is 11.9 Å². The normalized spacial score (nSPS) is 10.8. The molecule has 0 spiro atoms. The van der Waals surface area contributed by atoms with Crippen LogP contribution in [0.15, 0.2) is 24.3 Å². The molecule has 0 aromatic heterocycles. The molecular formula is C11H12BrFO. The molecule has 0 bridgehead atoms. The first-order valence-corrected chi connectivity index (χ1v) is 5.55. The maximum Gasteiger partial charge on any atom is 0.134 e. The largest absolute Gasteiger partial charge is 0.494 e. The highest BCUT2D eigenvalue weighted by Crippen LogP contribution is 2.17. The van der Waals surface area contributed by atoms with Gasteiger partial charge in [0.05, 0.1) is 6.61 Å². The highest BCUT2D eigenvalue weighted by molar-refractivity contribution is 9.09. The highest BCUT2D eigenvalue weighted by atomic mass is 79.9. The Morgan fingerprint density at radius 3 is 2.86 bits per heavy atom. The van der Waals surface area contributed by atoms with Gasteiger partial charge in [0.25, 0.3) is 0 Å². The Morgan fingerprint density at radius 1 is 1.50 bits per heavy atom. The van der Waals surface area contributed by atoms with Crippen molar-refractivity contribution >= 4 is 22.0 Å². The number of halogens is 2. The molecule has 0 saturated heterocycles. The fraction of sp³-hybridized carbons (Fsp3) is 0.273. The highest BCUT2D eigenvalue weighted by Gasteiger charge is 2.00. The van der Waals surface area contributed by atoms with E-state index >= 15 is 0 Å². The molecule has 0 fully saturated rings. The number of benzene rings is 1. The monoisotopic (exact) mass is 258 g/mol. The lowest BCUT2D eigenvalue weighted by Gasteiger charge is -2.03. The molecule has 0 aliphatic heterocycles. The van der Waals surface area contributed by atoms with E-state index in [1.165, 1.54) is 6.07 Å². The van der Waals surface area contributed by atoms with Gasteiger partial charge in [0, 0.05) is 17.0 Å². The van der Waals surface area contributed by atoms with Crippen LogP contribution in [0.4, 0.5) is 4.39 Å². The van der Waals surface area contributed by atoms with E-state index in [1.807, 2.05) is 13.0 Å². The van der Waals surface area contributed by atoms with Crippen LogP contribution >= 0.6 is 15.9 Å². The Balaban J connectivity index is 2.84. The number of ether oxygens (including phenoxy) is 1. The van der Waals surface area contributed by atoms with Crippen molar-refractivity contribution in [3.05, 3.63) is 35.7 Å². The number of allylic oxidation sites excluding steroid dienone is 1. The molecule has 0 unspecified atom stereocenters. The smallest absolute Gasteiger partial charge is 0.134 e. The first-order valence-electron chi connectivity index (χ1n) is 4.42. The van der Waals surface area contributed by atoms with E-state index in [4.69, 9.17) is 4.74 Å². The van der Waals surface area contributed by atoms with Crippen LogP contribution < -0.4 is 4.74 Å². The van der Waals surface area contributed by atoms with E-state index in [0.29, 0.717) is 17.9 Å². The van der Waals surface area contributed by atoms with Crippen LogP contribution in [0.5, 0.6) is 5.75 Å². The van der Waals surface area contributed by atoms with Crippen molar-refractivity contribution < 1.29 is 9.13 Å². The van der Waals surface area contributed by atoms with Gasteiger partial charge in [-0.25, -0.2) is 4.39 Å². The van der Waals surface area contributed by atoms with Gasteiger partial charge in [-0.3, -0.25) is 0 Å². The molecule has 0 heterocycles. The van der Waals surface area contributed by atoms with Crippen molar-refractivity contribution in [1.29, 1.82) is 0 Å². The Kier molecular flexibility index (Phi) is 4.66. The summed E-state index contributed by atoms with van der Waals surface area (Å²) in [6.45, 7) is 2.42. The lowest BCUT2D eigenvalue weighted by molar-refractivity contribution is 0.338. The van der Waals surface area contributed by atoms with Gasteiger partial charge in [0.2, 0.25) is 0 Å². The van der Waals surface area contributed by atoms with Crippen LogP contribution in [0, 0.1) is 5.82 Å². The quantitative estimate of drug-likeness (QED) is 0.750. The SMILES string of the molecule is CCOc1ccc(C=CCBr)c(F)c1. The molecule has 0 saturated carbocycles. The molecule has 0 aliphatic carbocycles. The second-order valence-electron chi connectivity index (χ2n) is 2.67. The minimum Gasteiger partial charge on any atom is -0.494 e. The molecule has 0 radical (unpaired) electrons. The fourth-order valence-electron chi connectivity index (χ4n) is 1.07. The summed E-state index contributed by atoms with van der Waals surface area (Å²) in [5, 5.41) is 0.722. The van der Waals surface area contributed by atoms with Gasteiger partial charge < -0.3 is 4.74 Å². The summed E-state index contributed by atoms with van der Waals surface area (Å²) < 4.78 is 18.5. The Labute approximate surface area is 91.7 Å². The molecule has 1 rings (SSSR count). The van der Waals surface area contributed by atoms with Crippen LogP contribution in [-0.2, 0) is 0 Å². The van der Waals surface area contributed by atoms with Crippen LogP contribution in [0.25, 0.3) is 6.08 Å². The molecule has 1 aromatic rings. The summed E-state index contributed by atoms with van der Waals surface area (Å²) in [7, 11) is 0. The number of rotatable bonds is 4. The maximum atomic E-state index is 13.4. The van der Waals surface area contributed by atoms with Gasteiger partial charge in [-0.05, 0) is 19.1 Å². The van der Waals surface area contributed by atoms with E-state index in [-0.39, 0.29) is 5.82 Å². The van der Waals surface area contributed by atoms with Gasteiger partial charge in [-0.2, -0.15) is 0 Å². The lowest BCUT2D eigenvalue weighted by Crippen LogP contribution is -1.92. The summed E-state index contributed by atoms with van der Waals surface area (Å²) in [4.78, 5) is 0. The summed E-state index contributed by atoms with van der Waals surface area (Å²) in [6.07, 6.45) is 3.58. The first-order chi connectivity index (χ1) is 6.77. The third kappa shape index (κ3) is 3.14. The molecule has 0 amide bonds. The molecule has 0 aliphatic rings. The zero-order valence-electron chi connectivity index (χ0n) is 7.97. The van der Waals surface area contributed by atoms with Crippen molar-refractivity contribution in [2.24, 2.45) is 0 Å². The molecule has 14 heavy (non-hydrogen) atoms. The van der Waals surface area contributed by atoms with Gasteiger partial charge >= 0.3 is 0 Å². The molecule has 0 atom stereocenters. The minimum atomic E-state index is -0.256. The van der Waals surface area contributed by atoms with E-state index in [1.54, 1.807) is 18.2 Å². The second kappa shape index (κ2) is 5.81. The molecule has 1 nitrogen and oxygen atoms in total. The standard InChI is InChI=1S/C11H12BrFO/c1-2-14-10-6-5-9(4-3-7-12)11(13)8-10/h3-6,8H,2,7H2,1H3. The van der Waals surface area contributed by atoms with E-state index < -0.39 is 0 Å². The van der Waals surface area contributed by atoms with Crippen LogP contribution in [-0.4, -0.2) is 11.9 Å². The number of alkyl halides is 1. The average Bonchev–Trinajstić information content (AvgIpc) is 2.17. The summed E-state index contributed by atoms with van der Waals surface area (Å²) in [5.41, 5.74) is 0.577. The van der Waals surface area contributed by atoms with E-state index in [0.717, 1.165) is 5.33 Å². The molecule has 76 valence electrons. The Morgan fingerprint density at radius 2 is 2.29 bits per heavy atom. The molecule has 0 N–H and O–H groups in total. The van der Waals surface area contributed by atoms with Gasteiger partial charge in [0.1, 0.15) is 11.6 Å². The number of hydrogen-bond acceptors (Lipinski definition) is 1. The third-order valence-corrected chi connectivity index (χ3v) is 2.04. The number of hydrogen-bond donors (Lipinski definition) is 0. The Bertz CT molecular complexity index is 323. The van der Waals surface area contributed by atoms with Crippen LogP contribution in [0.2, 0.25) is 0 Å².